The molecule has 0 bridgehead atoms. The zero-order valence-electron chi connectivity index (χ0n) is 9.71. The number of carboxylic acid groups (broad SMARTS) is 1. The van der Waals surface area contributed by atoms with Crippen LogP contribution in [0.2, 0.25) is 0 Å². The van der Waals surface area contributed by atoms with Crippen LogP contribution in [0, 0.1) is 0 Å². The fourth-order valence-electron chi connectivity index (χ4n) is 1.22. The molecule has 0 aliphatic heterocycles. The Labute approximate surface area is 101 Å². The minimum atomic E-state index is -0.979. The van der Waals surface area contributed by atoms with Crippen molar-refractivity contribution >= 4 is 12.3 Å². The van der Waals surface area contributed by atoms with E-state index in [2.05, 4.69) is 13.2 Å². The largest absolute Gasteiger partial charge is 0.481 e. The highest BCUT2D eigenvalue weighted by Crippen LogP contribution is 2.09. The molecule has 0 aromatic heterocycles. The molecule has 0 spiro atoms. The van der Waals surface area contributed by atoms with Gasteiger partial charge in [-0.15, -0.1) is 13.2 Å². The highest BCUT2D eigenvalue weighted by Gasteiger charge is 2.19. The van der Waals surface area contributed by atoms with Crippen molar-refractivity contribution in [3.63, 3.8) is 0 Å². The third kappa shape index (κ3) is 8.36. The van der Waals surface area contributed by atoms with Crippen LogP contribution in [0.4, 0.5) is 0 Å². The third-order valence-electron chi connectivity index (χ3n) is 1.93. The molecule has 2 atom stereocenters. The molecular weight excluding hydrogens is 224 g/mol. The number of hydrogen-bond acceptors (Lipinski definition) is 4. The number of aliphatic carboxylic acids is 1. The van der Waals surface area contributed by atoms with Gasteiger partial charge in [0.05, 0.1) is 25.7 Å². The van der Waals surface area contributed by atoms with Crippen LogP contribution in [0.5, 0.6) is 0 Å². The maximum atomic E-state index is 10.7. The second-order valence-electron chi connectivity index (χ2n) is 3.37. The van der Waals surface area contributed by atoms with E-state index in [9.17, 15) is 9.59 Å². The van der Waals surface area contributed by atoms with E-state index in [1.54, 1.807) is 0 Å². The summed E-state index contributed by atoms with van der Waals surface area (Å²) in [6.45, 7) is 7.42. The molecule has 96 valence electrons. The molecule has 0 amide bonds. The number of aldehydes is 1. The zero-order valence-corrected chi connectivity index (χ0v) is 9.71. The van der Waals surface area contributed by atoms with Gasteiger partial charge in [-0.2, -0.15) is 0 Å². The van der Waals surface area contributed by atoms with Crippen LogP contribution in [0.15, 0.2) is 25.3 Å². The van der Waals surface area contributed by atoms with Gasteiger partial charge in [-0.3, -0.25) is 4.79 Å². The summed E-state index contributed by atoms with van der Waals surface area (Å²) in [4.78, 5) is 21.3. The van der Waals surface area contributed by atoms with Crippen LogP contribution in [0.3, 0.4) is 0 Å². The lowest BCUT2D eigenvalue weighted by Gasteiger charge is -2.18. The fourth-order valence-corrected chi connectivity index (χ4v) is 1.22. The van der Waals surface area contributed by atoms with Crippen LogP contribution >= 0.6 is 0 Å². The molecule has 5 nitrogen and oxygen atoms in total. The van der Waals surface area contributed by atoms with Gasteiger partial charge in [-0.25, -0.2) is 0 Å². The molecule has 1 N–H and O–H groups in total. The van der Waals surface area contributed by atoms with Gasteiger partial charge in [0.15, 0.2) is 0 Å². The Hall–Kier alpha value is -1.46. The van der Waals surface area contributed by atoms with Crippen LogP contribution in [0.25, 0.3) is 0 Å². The van der Waals surface area contributed by atoms with Crippen molar-refractivity contribution in [3.05, 3.63) is 25.3 Å². The lowest BCUT2D eigenvalue weighted by Crippen LogP contribution is -2.27. The highest BCUT2D eigenvalue weighted by atomic mass is 16.5. The molecule has 0 aromatic rings. The number of ether oxygens (including phenoxy) is 2. The van der Waals surface area contributed by atoms with Crippen molar-refractivity contribution in [2.75, 3.05) is 13.2 Å². The molecule has 17 heavy (non-hydrogen) atoms. The first-order valence-corrected chi connectivity index (χ1v) is 5.26. The Morgan fingerprint density at radius 2 is 1.82 bits per heavy atom. The van der Waals surface area contributed by atoms with Gasteiger partial charge in [0, 0.05) is 6.42 Å². The standard InChI is InChI=1S/C12H18O5/c1-3-5-16-10(8-12(14)15)7-11(9-13)17-6-4-2/h3-4,9-11H,1-2,5-8H2,(H,14,15). The quantitative estimate of drug-likeness (QED) is 0.435. The Balaban J connectivity index is 4.24. The number of carboxylic acids is 1. The SMILES string of the molecule is C=CCOC(C=O)CC(CC(=O)O)OCC=C. The summed E-state index contributed by atoms with van der Waals surface area (Å²) < 4.78 is 10.4. The van der Waals surface area contributed by atoms with Gasteiger partial charge in [0.2, 0.25) is 0 Å². The summed E-state index contributed by atoms with van der Waals surface area (Å²) in [7, 11) is 0. The zero-order chi connectivity index (χ0) is 13.1. The molecule has 0 saturated heterocycles. The molecule has 0 aromatic carbocycles. The molecule has 0 rings (SSSR count). The van der Waals surface area contributed by atoms with Crippen molar-refractivity contribution in [2.24, 2.45) is 0 Å². The van der Waals surface area contributed by atoms with Crippen molar-refractivity contribution in [2.45, 2.75) is 25.0 Å². The minimum absolute atomic E-state index is 0.171. The van der Waals surface area contributed by atoms with Gasteiger partial charge in [0.1, 0.15) is 12.4 Å². The topological polar surface area (TPSA) is 72.8 Å². The third-order valence-corrected chi connectivity index (χ3v) is 1.93. The maximum Gasteiger partial charge on any atom is 0.305 e. The molecule has 0 aliphatic carbocycles. The van der Waals surface area contributed by atoms with E-state index in [0.717, 1.165) is 0 Å². The average molecular weight is 242 g/mol. The molecule has 0 saturated carbocycles. The normalized spacial score (nSPS) is 13.6. The van der Waals surface area contributed by atoms with Gasteiger partial charge in [-0.05, 0) is 0 Å². The van der Waals surface area contributed by atoms with Crippen LogP contribution < -0.4 is 0 Å². The Kier molecular flexibility index (Phi) is 8.91. The predicted octanol–water partition coefficient (Wildman–Crippen LogP) is 1.19. The van der Waals surface area contributed by atoms with E-state index in [4.69, 9.17) is 14.6 Å². The summed E-state index contributed by atoms with van der Waals surface area (Å²) in [6.07, 6.45) is 2.47. The molecule has 0 fully saturated rings. The summed E-state index contributed by atoms with van der Waals surface area (Å²) in [5.41, 5.74) is 0. The summed E-state index contributed by atoms with van der Waals surface area (Å²) in [6, 6.07) is 0. The summed E-state index contributed by atoms with van der Waals surface area (Å²) >= 11 is 0. The van der Waals surface area contributed by atoms with Crippen molar-refractivity contribution in [1.29, 1.82) is 0 Å². The first-order valence-electron chi connectivity index (χ1n) is 5.26. The number of carbonyl (C=O) groups excluding carboxylic acids is 1. The van der Waals surface area contributed by atoms with E-state index >= 15 is 0 Å². The monoisotopic (exact) mass is 242 g/mol. The van der Waals surface area contributed by atoms with Crippen molar-refractivity contribution < 1.29 is 24.2 Å². The summed E-state index contributed by atoms with van der Waals surface area (Å²) in [5.74, 6) is -0.979. The predicted molar refractivity (Wildman–Crippen MR) is 62.8 cm³/mol. The lowest BCUT2D eigenvalue weighted by atomic mass is 10.1. The first-order chi connectivity index (χ1) is 8.13. The van der Waals surface area contributed by atoms with E-state index in [1.807, 2.05) is 0 Å². The number of rotatable bonds is 11. The Morgan fingerprint density at radius 1 is 1.24 bits per heavy atom. The molecule has 2 unspecified atom stereocenters. The molecular formula is C12H18O5. The van der Waals surface area contributed by atoms with Gasteiger partial charge < -0.3 is 19.4 Å². The molecule has 0 radical (unpaired) electrons. The highest BCUT2D eigenvalue weighted by molar-refractivity contribution is 5.67. The van der Waals surface area contributed by atoms with E-state index in [1.165, 1.54) is 12.2 Å². The first kappa shape index (κ1) is 15.5. The Bertz CT molecular complexity index is 262. The second kappa shape index (κ2) is 9.74. The van der Waals surface area contributed by atoms with E-state index in [0.29, 0.717) is 6.29 Å². The average Bonchev–Trinajstić information content (AvgIpc) is 2.30. The van der Waals surface area contributed by atoms with E-state index < -0.39 is 18.2 Å². The maximum absolute atomic E-state index is 10.7. The van der Waals surface area contributed by atoms with Gasteiger partial charge in [0.25, 0.3) is 0 Å². The minimum Gasteiger partial charge on any atom is -0.481 e. The van der Waals surface area contributed by atoms with Crippen molar-refractivity contribution in [3.8, 4) is 0 Å². The second-order valence-corrected chi connectivity index (χ2v) is 3.37. The lowest BCUT2D eigenvalue weighted by molar-refractivity contribution is -0.141. The smallest absolute Gasteiger partial charge is 0.305 e. The van der Waals surface area contributed by atoms with Crippen LogP contribution in [-0.2, 0) is 19.1 Å². The molecule has 0 heterocycles. The molecule has 0 aliphatic rings. The van der Waals surface area contributed by atoms with E-state index in [-0.39, 0.29) is 26.1 Å². The number of hydrogen-bond donors (Lipinski definition) is 1. The Morgan fingerprint density at radius 3 is 2.29 bits per heavy atom. The molecule has 5 heteroatoms. The van der Waals surface area contributed by atoms with Crippen molar-refractivity contribution in [1.82, 2.24) is 0 Å². The van der Waals surface area contributed by atoms with Crippen LogP contribution in [-0.4, -0.2) is 42.8 Å². The van der Waals surface area contributed by atoms with Gasteiger partial charge in [-0.1, -0.05) is 12.2 Å². The van der Waals surface area contributed by atoms with Crippen LogP contribution in [0.1, 0.15) is 12.8 Å². The fraction of sp³-hybridized carbons (Fsp3) is 0.500. The number of carbonyl (C=O) groups is 2. The van der Waals surface area contributed by atoms with Gasteiger partial charge >= 0.3 is 5.97 Å². The summed E-state index contributed by atoms with van der Waals surface area (Å²) in [5, 5.41) is 8.69.